The zero-order valence-electron chi connectivity index (χ0n) is 15.4. The predicted molar refractivity (Wildman–Crippen MR) is 99.9 cm³/mol. The highest BCUT2D eigenvalue weighted by Crippen LogP contribution is 2.15. The van der Waals surface area contributed by atoms with Gasteiger partial charge in [-0.1, -0.05) is 12.1 Å². The molecule has 0 N–H and O–H groups in total. The van der Waals surface area contributed by atoms with Gasteiger partial charge in [0.1, 0.15) is 18.2 Å². The maximum atomic E-state index is 12.9. The number of nitrogens with zero attached hydrogens (tertiary/aromatic N) is 2. The number of likely N-dealkylation sites (N-methyl/N-ethyl adjacent to an activating group) is 1. The van der Waals surface area contributed by atoms with Gasteiger partial charge in [0.2, 0.25) is 5.91 Å². The Morgan fingerprint density at radius 2 is 1.85 bits per heavy atom. The fourth-order valence-corrected chi connectivity index (χ4v) is 3.00. The van der Waals surface area contributed by atoms with Gasteiger partial charge in [0.15, 0.2) is 0 Å². The van der Waals surface area contributed by atoms with Crippen molar-refractivity contribution in [2.24, 2.45) is 0 Å². The minimum atomic E-state index is -0.313. The molecule has 6 heteroatoms. The lowest BCUT2D eigenvalue weighted by Crippen LogP contribution is -2.31. The summed E-state index contributed by atoms with van der Waals surface area (Å²) in [6.45, 7) is 2.13. The van der Waals surface area contributed by atoms with Crippen LogP contribution in [0.1, 0.15) is 28.8 Å². The van der Waals surface area contributed by atoms with Crippen molar-refractivity contribution < 1.29 is 18.7 Å². The minimum absolute atomic E-state index is 0.0958. The van der Waals surface area contributed by atoms with Crippen LogP contribution in [0.5, 0.6) is 5.75 Å². The molecule has 0 spiro atoms. The second-order valence-corrected chi connectivity index (χ2v) is 6.64. The van der Waals surface area contributed by atoms with E-state index >= 15 is 0 Å². The van der Waals surface area contributed by atoms with E-state index in [0.717, 1.165) is 18.5 Å². The molecule has 1 aliphatic heterocycles. The number of carbonyl (C=O) groups excluding carboxylic acids is 2. The molecule has 1 saturated heterocycles. The summed E-state index contributed by atoms with van der Waals surface area (Å²) in [4.78, 5) is 27.6. The van der Waals surface area contributed by atoms with Gasteiger partial charge in [0.05, 0.1) is 6.54 Å². The molecule has 1 aliphatic rings. The number of amides is 2. The second-order valence-electron chi connectivity index (χ2n) is 6.64. The smallest absolute Gasteiger partial charge is 0.253 e. The van der Waals surface area contributed by atoms with Gasteiger partial charge in [-0.05, 0) is 48.4 Å². The van der Waals surface area contributed by atoms with Gasteiger partial charge in [-0.25, -0.2) is 4.39 Å². The van der Waals surface area contributed by atoms with Crippen LogP contribution in [-0.4, -0.2) is 48.4 Å². The van der Waals surface area contributed by atoms with Crippen LogP contribution in [0.3, 0.4) is 0 Å². The highest BCUT2D eigenvalue weighted by Gasteiger charge is 2.20. The summed E-state index contributed by atoms with van der Waals surface area (Å²) in [5, 5.41) is 0. The van der Waals surface area contributed by atoms with Crippen molar-refractivity contribution in [1.82, 2.24) is 9.80 Å². The molecule has 2 amide bonds. The lowest BCUT2D eigenvalue weighted by molar-refractivity contribution is -0.128. The summed E-state index contributed by atoms with van der Waals surface area (Å²) in [5.41, 5.74) is 1.61. The number of likely N-dealkylation sites (tertiary alicyclic amines) is 1. The molecule has 3 rings (SSSR count). The van der Waals surface area contributed by atoms with Gasteiger partial charge in [-0.2, -0.15) is 0 Å². The third kappa shape index (κ3) is 5.06. The van der Waals surface area contributed by atoms with E-state index in [1.807, 2.05) is 17.0 Å². The van der Waals surface area contributed by atoms with Crippen molar-refractivity contribution in [1.29, 1.82) is 0 Å². The molecule has 0 aromatic heterocycles. The number of ether oxygens (including phenoxy) is 1. The molecule has 0 radical (unpaired) electrons. The molecule has 2 aromatic rings. The fraction of sp³-hybridized carbons (Fsp3) is 0.333. The molecule has 2 aromatic carbocycles. The van der Waals surface area contributed by atoms with Gasteiger partial charge in [-0.3, -0.25) is 9.59 Å². The standard InChI is InChI=1S/C21H23FN2O3/c1-23(13-14-27-19-10-8-18(22)9-11-19)21(26)17-6-4-16(5-7-17)15-24-12-2-3-20(24)25/h4-11H,2-3,12-15H2,1H3. The Bertz CT molecular complexity index is 790. The summed E-state index contributed by atoms with van der Waals surface area (Å²) < 4.78 is 18.4. The van der Waals surface area contributed by atoms with Crippen LogP contribution in [0.25, 0.3) is 0 Å². The Labute approximate surface area is 158 Å². The van der Waals surface area contributed by atoms with Crippen LogP contribution in [0.2, 0.25) is 0 Å². The molecule has 5 nitrogen and oxygen atoms in total. The van der Waals surface area contributed by atoms with E-state index in [-0.39, 0.29) is 17.6 Å². The lowest BCUT2D eigenvalue weighted by Gasteiger charge is -2.18. The van der Waals surface area contributed by atoms with Crippen LogP contribution < -0.4 is 4.74 Å². The molecular weight excluding hydrogens is 347 g/mol. The molecule has 0 aliphatic carbocycles. The van der Waals surface area contributed by atoms with Crippen molar-refractivity contribution in [3.8, 4) is 5.75 Å². The Balaban J connectivity index is 1.48. The van der Waals surface area contributed by atoms with E-state index in [9.17, 15) is 14.0 Å². The molecule has 142 valence electrons. The van der Waals surface area contributed by atoms with Gasteiger partial charge in [0.25, 0.3) is 5.91 Å². The van der Waals surface area contributed by atoms with Crippen LogP contribution in [-0.2, 0) is 11.3 Å². The monoisotopic (exact) mass is 370 g/mol. The van der Waals surface area contributed by atoms with Crippen molar-refractivity contribution in [3.63, 3.8) is 0 Å². The molecule has 1 fully saturated rings. The maximum absolute atomic E-state index is 12.9. The topological polar surface area (TPSA) is 49.9 Å². The molecule has 0 unspecified atom stereocenters. The van der Waals surface area contributed by atoms with E-state index in [2.05, 4.69) is 0 Å². The third-order valence-electron chi connectivity index (χ3n) is 4.60. The number of carbonyl (C=O) groups is 2. The first-order valence-electron chi connectivity index (χ1n) is 9.03. The average Bonchev–Trinajstić information content (AvgIpc) is 3.08. The summed E-state index contributed by atoms with van der Waals surface area (Å²) in [5.74, 6) is 0.350. The van der Waals surface area contributed by atoms with Gasteiger partial charge < -0.3 is 14.5 Å². The van der Waals surface area contributed by atoms with E-state index in [0.29, 0.717) is 37.4 Å². The Kier molecular flexibility index (Phi) is 6.06. The van der Waals surface area contributed by atoms with E-state index in [4.69, 9.17) is 4.74 Å². The van der Waals surface area contributed by atoms with E-state index in [1.165, 1.54) is 12.1 Å². The summed E-state index contributed by atoms with van der Waals surface area (Å²) in [6, 6.07) is 13.1. The minimum Gasteiger partial charge on any atom is -0.492 e. The van der Waals surface area contributed by atoms with Crippen molar-refractivity contribution >= 4 is 11.8 Å². The first kappa shape index (κ1) is 18.9. The normalized spacial score (nSPS) is 13.7. The van der Waals surface area contributed by atoms with E-state index < -0.39 is 0 Å². The molecule has 0 saturated carbocycles. The maximum Gasteiger partial charge on any atom is 0.253 e. The van der Waals surface area contributed by atoms with Crippen LogP contribution in [0, 0.1) is 5.82 Å². The summed E-state index contributed by atoms with van der Waals surface area (Å²) in [7, 11) is 1.72. The van der Waals surface area contributed by atoms with Gasteiger partial charge in [-0.15, -0.1) is 0 Å². The molecule has 27 heavy (non-hydrogen) atoms. The Hall–Kier alpha value is -2.89. The number of rotatable bonds is 7. The highest BCUT2D eigenvalue weighted by molar-refractivity contribution is 5.94. The third-order valence-corrected chi connectivity index (χ3v) is 4.60. The first-order chi connectivity index (χ1) is 13.0. The molecule has 0 atom stereocenters. The zero-order valence-corrected chi connectivity index (χ0v) is 15.4. The van der Waals surface area contributed by atoms with Crippen molar-refractivity contribution in [2.45, 2.75) is 19.4 Å². The second kappa shape index (κ2) is 8.66. The van der Waals surface area contributed by atoms with E-state index in [1.54, 1.807) is 36.2 Å². The quantitative estimate of drug-likeness (QED) is 0.753. The average molecular weight is 370 g/mol. The number of hydrogen-bond donors (Lipinski definition) is 0. The number of halogens is 1. The number of hydrogen-bond acceptors (Lipinski definition) is 3. The predicted octanol–water partition coefficient (Wildman–Crippen LogP) is 3.10. The van der Waals surface area contributed by atoms with Crippen LogP contribution >= 0.6 is 0 Å². The Morgan fingerprint density at radius 3 is 2.48 bits per heavy atom. The van der Waals surface area contributed by atoms with Gasteiger partial charge in [0, 0.05) is 32.1 Å². The first-order valence-corrected chi connectivity index (χ1v) is 9.03. The molecule has 0 bridgehead atoms. The Morgan fingerprint density at radius 1 is 1.15 bits per heavy atom. The lowest BCUT2D eigenvalue weighted by atomic mass is 10.1. The SMILES string of the molecule is CN(CCOc1ccc(F)cc1)C(=O)c1ccc(CN2CCCC2=O)cc1. The van der Waals surface area contributed by atoms with Crippen LogP contribution in [0.15, 0.2) is 48.5 Å². The fourth-order valence-electron chi connectivity index (χ4n) is 3.00. The number of benzene rings is 2. The highest BCUT2D eigenvalue weighted by atomic mass is 19.1. The van der Waals surface area contributed by atoms with Crippen LogP contribution in [0.4, 0.5) is 4.39 Å². The van der Waals surface area contributed by atoms with Crippen molar-refractivity contribution in [3.05, 3.63) is 65.5 Å². The summed E-state index contributed by atoms with van der Waals surface area (Å²) >= 11 is 0. The molecular formula is C21H23FN2O3. The summed E-state index contributed by atoms with van der Waals surface area (Å²) in [6.07, 6.45) is 1.54. The molecule has 1 heterocycles. The largest absolute Gasteiger partial charge is 0.492 e. The van der Waals surface area contributed by atoms with Gasteiger partial charge >= 0.3 is 0 Å². The van der Waals surface area contributed by atoms with Crippen molar-refractivity contribution in [2.75, 3.05) is 26.7 Å². The zero-order chi connectivity index (χ0) is 19.2.